The highest BCUT2D eigenvalue weighted by Crippen LogP contribution is 2.22. The molecule has 17 heavy (non-hydrogen) atoms. The van der Waals surface area contributed by atoms with E-state index in [1.165, 1.54) is 6.07 Å². The van der Waals surface area contributed by atoms with E-state index in [-0.39, 0.29) is 25.2 Å². The maximum Gasteiger partial charge on any atom is 0.304 e. The van der Waals surface area contributed by atoms with E-state index >= 15 is 0 Å². The van der Waals surface area contributed by atoms with Gasteiger partial charge in [-0.05, 0) is 12.1 Å². The number of benzene rings is 1. The molecule has 0 radical (unpaired) electrons. The van der Waals surface area contributed by atoms with Crippen molar-refractivity contribution in [2.24, 2.45) is 0 Å². The van der Waals surface area contributed by atoms with E-state index < -0.39 is 10.9 Å². The number of carboxylic acid groups (broad SMARTS) is 1. The van der Waals surface area contributed by atoms with Crippen molar-refractivity contribution in [3.8, 4) is 0 Å². The Morgan fingerprint density at radius 1 is 1.53 bits per heavy atom. The van der Waals surface area contributed by atoms with Gasteiger partial charge in [-0.25, -0.2) is 0 Å². The van der Waals surface area contributed by atoms with Crippen LogP contribution in [0.1, 0.15) is 12.0 Å². The lowest BCUT2D eigenvalue weighted by molar-refractivity contribution is -0.385. The predicted octanol–water partition coefficient (Wildman–Crippen LogP) is 1.92. The molecule has 0 aliphatic heterocycles. The normalized spacial score (nSPS) is 10.2. The van der Waals surface area contributed by atoms with E-state index in [0.29, 0.717) is 5.56 Å². The third kappa shape index (κ3) is 4.49. The number of rotatable bonds is 6. The summed E-state index contributed by atoms with van der Waals surface area (Å²) in [5.74, 6) is -0.902. The van der Waals surface area contributed by atoms with Crippen LogP contribution in [-0.2, 0) is 11.3 Å². The molecule has 1 aromatic carbocycles. The Morgan fingerprint density at radius 2 is 2.24 bits per heavy atom. The maximum absolute atomic E-state index is 10.7. The van der Waals surface area contributed by atoms with Gasteiger partial charge in [-0.2, -0.15) is 0 Å². The molecule has 0 spiro atoms. The van der Waals surface area contributed by atoms with Crippen LogP contribution in [0.3, 0.4) is 0 Å². The summed E-state index contributed by atoms with van der Waals surface area (Å²) in [6.45, 7) is 0.544. The van der Waals surface area contributed by atoms with E-state index in [4.69, 9.17) is 5.11 Å². The van der Waals surface area contributed by atoms with Crippen molar-refractivity contribution in [3.63, 3.8) is 0 Å². The number of nitro groups is 1. The van der Waals surface area contributed by atoms with E-state index in [9.17, 15) is 14.9 Å². The molecule has 7 heteroatoms. The Bertz CT molecular complexity index is 436. The van der Waals surface area contributed by atoms with Crippen molar-refractivity contribution in [2.75, 3.05) is 6.54 Å². The second-order valence-electron chi connectivity index (χ2n) is 3.35. The standard InChI is InChI=1S/C10H11BrN2O4/c11-8-1-2-9(13(16)17)7(5-8)6-12-4-3-10(14)15/h1-2,5,12H,3-4,6H2,(H,14,15). The van der Waals surface area contributed by atoms with Crippen LogP contribution in [0.25, 0.3) is 0 Å². The highest BCUT2D eigenvalue weighted by atomic mass is 79.9. The van der Waals surface area contributed by atoms with Crippen LogP contribution in [-0.4, -0.2) is 22.5 Å². The molecule has 6 nitrogen and oxygen atoms in total. The fraction of sp³-hybridized carbons (Fsp3) is 0.300. The molecule has 0 aliphatic rings. The number of halogens is 1. The van der Waals surface area contributed by atoms with Gasteiger partial charge >= 0.3 is 5.97 Å². The summed E-state index contributed by atoms with van der Waals surface area (Å²) in [7, 11) is 0. The molecule has 0 atom stereocenters. The number of hydrogen-bond acceptors (Lipinski definition) is 4. The van der Waals surface area contributed by atoms with Gasteiger partial charge in [0.2, 0.25) is 0 Å². The van der Waals surface area contributed by atoms with Gasteiger partial charge in [-0.1, -0.05) is 15.9 Å². The molecule has 0 aliphatic carbocycles. The molecule has 0 heterocycles. The summed E-state index contributed by atoms with van der Waals surface area (Å²) in [5.41, 5.74) is 0.547. The first kappa shape index (κ1) is 13.6. The molecule has 0 saturated heterocycles. The zero-order chi connectivity index (χ0) is 12.8. The number of nitrogens with zero attached hydrogens (tertiary/aromatic N) is 1. The molecule has 0 bridgehead atoms. The Hall–Kier alpha value is -1.47. The fourth-order valence-corrected chi connectivity index (χ4v) is 1.70. The van der Waals surface area contributed by atoms with E-state index in [0.717, 1.165) is 4.47 Å². The summed E-state index contributed by atoms with van der Waals surface area (Å²) in [5, 5.41) is 22.0. The molecule has 92 valence electrons. The summed E-state index contributed by atoms with van der Waals surface area (Å²) in [4.78, 5) is 20.6. The van der Waals surface area contributed by atoms with Crippen LogP contribution in [0.2, 0.25) is 0 Å². The van der Waals surface area contributed by atoms with E-state index in [2.05, 4.69) is 21.2 Å². The highest BCUT2D eigenvalue weighted by molar-refractivity contribution is 9.10. The van der Waals surface area contributed by atoms with Crippen molar-refractivity contribution < 1.29 is 14.8 Å². The Morgan fingerprint density at radius 3 is 2.82 bits per heavy atom. The SMILES string of the molecule is O=C(O)CCNCc1cc(Br)ccc1[N+](=O)[O-]. The lowest BCUT2D eigenvalue weighted by Crippen LogP contribution is -2.18. The van der Waals surface area contributed by atoms with Crippen LogP contribution < -0.4 is 5.32 Å². The Balaban J connectivity index is 2.65. The average molecular weight is 303 g/mol. The lowest BCUT2D eigenvalue weighted by atomic mass is 10.2. The van der Waals surface area contributed by atoms with Crippen molar-refractivity contribution in [1.82, 2.24) is 5.32 Å². The van der Waals surface area contributed by atoms with E-state index in [1.807, 2.05) is 0 Å². The Labute approximate surface area is 106 Å². The third-order valence-electron chi connectivity index (χ3n) is 2.07. The Kier molecular flexibility index (Phi) is 5.05. The predicted molar refractivity (Wildman–Crippen MR) is 64.8 cm³/mol. The minimum atomic E-state index is -0.902. The van der Waals surface area contributed by atoms with Gasteiger partial charge < -0.3 is 10.4 Å². The molecule has 1 aromatic rings. The largest absolute Gasteiger partial charge is 0.481 e. The van der Waals surface area contributed by atoms with Gasteiger partial charge in [0.25, 0.3) is 5.69 Å². The molecular formula is C10H11BrN2O4. The molecule has 0 aromatic heterocycles. The zero-order valence-electron chi connectivity index (χ0n) is 8.85. The lowest BCUT2D eigenvalue weighted by Gasteiger charge is -2.05. The molecule has 0 amide bonds. The number of carbonyl (C=O) groups is 1. The number of hydrogen-bond donors (Lipinski definition) is 2. The van der Waals surface area contributed by atoms with Gasteiger partial charge in [-0.3, -0.25) is 14.9 Å². The minimum Gasteiger partial charge on any atom is -0.481 e. The number of nitro benzene ring substituents is 1. The van der Waals surface area contributed by atoms with Crippen LogP contribution in [0.4, 0.5) is 5.69 Å². The quantitative estimate of drug-likeness (QED) is 0.476. The first-order chi connectivity index (χ1) is 8.00. The van der Waals surface area contributed by atoms with Crippen molar-refractivity contribution in [1.29, 1.82) is 0 Å². The number of carboxylic acids is 1. The summed E-state index contributed by atoms with van der Waals surface area (Å²) in [6, 6.07) is 4.66. The molecular weight excluding hydrogens is 292 g/mol. The first-order valence-electron chi connectivity index (χ1n) is 4.86. The topological polar surface area (TPSA) is 92.5 Å². The average Bonchev–Trinajstić information content (AvgIpc) is 2.23. The summed E-state index contributed by atoms with van der Waals surface area (Å²) < 4.78 is 0.748. The molecule has 0 fully saturated rings. The van der Waals surface area contributed by atoms with Crippen molar-refractivity contribution in [2.45, 2.75) is 13.0 Å². The highest BCUT2D eigenvalue weighted by Gasteiger charge is 2.13. The first-order valence-corrected chi connectivity index (χ1v) is 5.65. The second-order valence-corrected chi connectivity index (χ2v) is 4.27. The minimum absolute atomic E-state index is 0.0121. The molecule has 0 unspecified atom stereocenters. The van der Waals surface area contributed by atoms with Crippen molar-refractivity contribution in [3.05, 3.63) is 38.3 Å². The molecule has 2 N–H and O–H groups in total. The number of nitrogens with one attached hydrogen (secondary N) is 1. The third-order valence-corrected chi connectivity index (χ3v) is 2.56. The van der Waals surface area contributed by atoms with E-state index in [1.54, 1.807) is 12.1 Å². The monoisotopic (exact) mass is 302 g/mol. The maximum atomic E-state index is 10.7. The van der Waals surface area contributed by atoms with Gasteiger partial charge in [-0.15, -0.1) is 0 Å². The number of aliphatic carboxylic acids is 1. The van der Waals surface area contributed by atoms with Crippen LogP contribution in [0.5, 0.6) is 0 Å². The molecule has 0 saturated carbocycles. The smallest absolute Gasteiger partial charge is 0.304 e. The molecule has 1 rings (SSSR count). The van der Waals surface area contributed by atoms with Crippen LogP contribution in [0, 0.1) is 10.1 Å². The van der Waals surface area contributed by atoms with Gasteiger partial charge in [0.15, 0.2) is 0 Å². The van der Waals surface area contributed by atoms with Gasteiger partial charge in [0.1, 0.15) is 0 Å². The summed E-state index contributed by atoms with van der Waals surface area (Å²) >= 11 is 3.23. The zero-order valence-corrected chi connectivity index (χ0v) is 10.4. The second kappa shape index (κ2) is 6.31. The van der Waals surface area contributed by atoms with Crippen molar-refractivity contribution >= 4 is 27.6 Å². The summed E-state index contributed by atoms with van der Waals surface area (Å²) in [6.07, 6.45) is -0.0121. The van der Waals surface area contributed by atoms with Crippen LogP contribution >= 0.6 is 15.9 Å². The fourth-order valence-electron chi connectivity index (χ4n) is 1.29. The van der Waals surface area contributed by atoms with Gasteiger partial charge in [0.05, 0.1) is 11.3 Å². The van der Waals surface area contributed by atoms with Gasteiger partial charge in [0, 0.05) is 29.2 Å². The van der Waals surface area contributed by atoms with Crippen LogP contribution in [0.15, 0.2) is 22.7 Å².